The molecule has 0 radical (unpaired) electrons. The van der Waals surface area contributed by atoms with Gasteiger partial charge in [0.2, 0.25) is 10.0 Å². The topological polar surface area (TPSA) is 108 Å². The van der Waals surface area contributed by atoms with Crippen molar-refractivity contribution < 1.29 is 22.7 Å². The summed E-state index contributed by atoms with van der Waals surface area (Å²) in [6.07, 6.45) is 0. The van der Waals surface area contributed by atoms with Crippen LogP contribution in [-0.2, 0) is 14.8 Å². The summed E-state index contributed by atoms with van der Waals surface area (Å²) in [6.45, 7) is 1.71. The number of benzene rings is 2. The summed E-state index contributed by atoms with van der Waals surface area (Å²) in [7, 11) is -2.23. The lowest BCUT2D eigenvalue weighted by atomic mass is 10.2. The molecule has 0 aliphatic heterocycles. The Kier molecular flexibility index (Phi) is 5.42. The molecule has 0 aromatic heterocycles. The van der Waals surface area contributed by atoms with E-state index >= 15 is 0 Å². The summed E-state index contributed by atoms with van der Waals surface area (Å²) < 4.78 is 33.0. The molecular formula is C16H18N2O5S. The van der Waals surface area contributed by atoms with Crippen molar-refractivity contribution in [2.45, 2.75) is 11.8 Å². The molecule has 0 spiro atoms. The van der Waals surface area contributed by atoms with Crippen molar-refractivity contribution in [1.29, 1.82) is 0 Å². The van der Waals surface area contributed by atoms with Crippen LogP contribution >= 0.6 is 0 Å². The lowest BCUT2D eigenvalue weighted by molar-refractivity contribution is -0.118. The van der Waals surface area contributed by atoms with Crippen molar-refractivity contribution in [2.24, 2.45) is 5.14 Å². The third kappa shape index (κ3) is 4.71. The van der Waals surface area contributed by atoms with Gasteiger partial charge in [-0.25, -0.2) is 13.6 Å². The molecule has 3 N–H and O–H groups in total. The van der Waals surface area contributed by atoms with Crippen molar-refractivity contribution in [3.05, 3.63) is 48.0 Å². The Morgan fingerprint density at radius 1 is 1.12 bits per heavy atom. The molecule has 1 amide bonds. The molecular weight excluding hydrogens is 332 g/mol. The van der Waals surface area contributed by atoms with Crippen LogP contribution in [0.5, 0.6) is 11.5 Å². The Morgan fingerprint density at radius 3 is 2.38 bits per heavy atom. The molecule has 0 unspecified atom stereocenters. The fourth-order valence-corrected chi connectivity index (χ4v) is 2.48. The minimum absolute atomic E-state index is 0.0267. The Morgan fingerprint density at radius 2 is 1.79 bits per heavy atom. The normalized spacial score (nSPS) is 11.0. The average molecular weight is 350 g/mol. The smallest absolute Gasteiger partial charge is 0.262 e. The predicted octanol–water partition coefficient (Wildman–Crippen LogP) is 1.67. The summed E-state index contributed by atoms with van der Waals surface area (Å²) >= 11 is 0. The number of aryl methyl sites for hydroxylation is 1. The van der Waals surface area contributed by atoms with E-state index < -0.39 is 10.0 Å². The Hall–Kier alpha value is -2.58. The zero-order valence-corrected chi connectivity index (χ0v) is 14.1. The number of amides is 1. The lowest BCUT2D eigenvalue weighted by Gasteiger charge is -2.11. The van der Waals surface area contributed by atoms with Gasteiger partial charge in [-0.15, -0.1) is 0 Å². The van der Waals surface area contributed by atoms with Gasteiger partial charge < -0.3 is 14.8 Å². The molecule has 24 heavy (non-hydrogen) atoms. The number of rotatable bonds is 6. The molecule has 0 aliphatic carbocycles. The quantitative estimate of drug-likeness (QED) is 0.824. The first kappa shape index (κ1) is 17.8. The summed E-state index contributed by atoms with van der Waals surface area (Å²) in [5, 5.41) is 7.61. The first-order valence-corrected chi connectivity index (χ1v) is 8.54. The average Bonchev–Trinajstić information content (AvgIpc) is 2.53. The van der Waals surface area contributed by atoms with Gasteiger partial charge in [-0.05, 0) is 48.9 Å². The molecule has 0 aliphatic rings. The highest BCUT2D eigenvalue weighted by Gasteiger charge is 2.10. The molecule has 2 rings (SSSR count). The number of anilines is 1. The first-order chi connectivity index (χ1) is 11.3. The van der Waals surface area contributed by atoms with E-state index in [-0.39, 0.29) is 17.4 Å². The number of hydrogen-bond acceptors (Lipinski definition) is 5. The van der Waals surface area contributed by atoms with E-state index in [1.54, 1.807) is 12.1 Å². The number of carbonyl (C=O) groups excluding carboxylic acids is 1. The number of nitrogens with two attached hydrogens (primary N) is 1. The molecule has 0 fully saturated rings. The van der Waals surface area contributed by atoms with Gasteiger partial charge in [0.15, 0.2) is 18.1 Å². The van der Waals surface area contributed by atoms with E-state index in [1.807, 2.05) is 13.0 Å². The third-order valence-electron chi connectivity index (χ3n) is 3.14. The van der Waals surface area contributed by atoms with Crippen LogP contribution in [0.3, 0.4) is 0 Å². The van der Waals surface area contributed by atoms with Crippen LogP contribution in [0.1, 0.15) is 5.56 Å². The Labute approximate surface area is 140 Å². The maximum absolute atomic E-state index is 11.9. The minimum atomic E-state index is -3.76. The standard InChI is InChI=1S/C16H18N2O5S/c1-11-3-8-14(15(9-11)22-2)23-10-16(19)18-12-4-6-13(7-5-12)24(17,20)21/h3-9H,10H2,1-2H3,(H,18,19)(H2,17,20,21). The van der Waals surface area contributed by atoms with Gasteiger partial charge in [0, 0.05) is 5.69 Å². The largest absolute Gasteiger partial charge is 0.493 e. The number of nitrogens with one attached hydrogen (secondary N) is 1. The van der Waals surface area contributed by atoms with Gasteiger partial charge >= 0.3 is 0 Å². The molecule has 2 aromatic rings. The second-order valence-electron chi connectivity index (χ2n) is 5.06. The number of primary sulfonamides is 1. The number of sulfonamides is 1. The molecule has 2 aromatic carbocycles. The van der Waals surface area contributed by atoms with Crippen molar-refractivity contribution in [3.8, 4) is 11.5 Å². The van der Waals surface area contributed by atoms with Crippen molar-refractivity contribution in [3.63, 3.8) is 0 Å². The van der Waals surface area contributed by atoms with Gasteiger partial charge in [0.1, 0.15) is 0 Å². The monoisotopic (exact) mass is 350 g/mol. The highest BCUT2D eigenvalue weighted by Crippen LogP contribution is 2.27. The maximum Gasteiger partial charge on any atom is 0.262 e. The Balaban J connectivity index is 1.96. The SMILES string of the molecule is COc1cc(C)ccc1OCC(=O)Nc1ccc(S(N)(=O)=O)cc1. The number of ether oxygens (including phenoxy) is 2. The maximum atomic E-state index is 11.9. The van der Waals surface area contributed by atoms with Crippen molar-refractivity contribution >= 4 is 21.6 Å². The number of hydrogen-bond donors (Lipinski definition) is 2. The first-order valence-electron chi connectivity index (χ1n) is 7.00. The minimum Gasteiger partial charge on any atom is -0.493 e. The molecule has 8 heteroatoms. The van der Waals surface area contributed by atoms with Crippen molar-refractivity contribution in [2.75, 3.05) is 19.0 Å². The fourth-order valence-electron chi connectivity index (χ4n) is 1.96. The van der Waals surface area contributed by atoms with Crippen LogP contribution in [0.15, 0.2) is 47.4 Å². The van der Waals surface area contributed by atoms with E-state index in [9.17, 15) is 13.2 Å². The van der Waals surface area contributed by atoms with E-state index in [0.717, 1.165) is 5.56 Å². The number of methoxy groups -OCH3 is 1. The van der Waals surface area contributed by atoms with E-state index in [4.69, 9.17) is 14.6 Å². The summed E-state index contributed by atoms with van der Waals surface area (Å²) in [5.41, 5.74) is 1.45. The number of carbonyl (C=O) groups is 1. The molecule has 0 bridgehead atoms. The third-order valence-corrected chi connectivity index (χ3v) is 4.07. The van der Waals surface area contributed by atoms with Crippen LogP contribution in [0.4, 0.5) is 5.69 Å². The second-order valence-corrected chi connectivity index (χ2v) is 6.62. The summed E-state index contributed by atoms with van der Waals surface area (Å²) in [4.78, 5) is 11.9. The molecule has 7 nitrogen and oxygen atoms in total. The van der Waals surface area contributed by atoms with Gasteiger partial charge in [0.05, 0.1) is 12.0 Å². The molecule has 128 valence electrons. The van der Waals surface area contributed by atoms with Gasteiger partial charge in [-0.1, -0.05) is 6.07 Å². The van der Waals surface area contributed by atoms with Crippen molar-refractivity contribution in [1.82, 2.24) is 0 Å². The zero-order chi connectivity index (χ0) is 17.7. The van der Waals surface area contributed by atoms with Crippen LogP contribution in [-0.4, -0.2) is 28.0 Å². The summed E-state index contributed by atoms with van der Waals surface area (Å²) in [6, 6.07) is 10.9. The van der Waals surface area contributed by atoms with Crippen LogP contribution in [0, 0.1) is 6.92 Å². The summed E-state index contributed by atoms with van der Waals surface area (Å²) in [5.74, 6) is 0.615. The molecule has 0 saturated carbocycles. The van der Waals surface area contributed by atoms with E-state index in [1.165, 1.54) is 31.4 Å². The molecule has 0 atom stereocenters. The van der Waals surface area contributed by atoms with E-state index in [2.05, 4.69) is 5.32 Å². The highest BCUT2D eigenvalue weighted by atomic mass is 32.2. The van der Waals surface area contributed by atoms with Crippen LogP contribution in [0.2, 0.25) is 0 Å². The lowest BCUT2D eigenvalue weighted by Crippen LogP contribution is -2.20. The Bertz CT molecular complexity index is 832. The second kappa shape index (κ2) is 7.33. The van der Waals surface area contributed by atoms with Gasteiger partial charge in [-0.2, -0.15) is 0 Å². The molecule has 0 saturated heterocycles. The van der Waals surface area contributed by atoms with Gasteiger partial charge in [0.25, 0.3) is 5.91 Å². The van der Waals surface area contributed by atoms with E-state index in [0.29, 0.717) is 17.2 Å². The highest BCUT2D eigenvalue weighted by molar-refractivity contribution is 7.89. The van der Waals surface area contributed by atoms with Crippen LogP contribution in [0.25, 0.3) is 0 Å². The molecule has 0 heterocycles. The van der Waals surface area contributed by atoms with Gasteiger partial charge in [-0.3, -0.25) is 4.79 Å². The zero-order valence-electron chi connectivity index (χ0n) is 13.3. The fraction of sp³-hybridized carbons (Fsp3) is 0.188. The van der Waals surface area contributed by atoms with Crippen LogP contribution < -0.4 is 19.9 Å². The predicted molar refractivity (Wildman–Crippen MR) is 89.7 cm³/mol.